The molecule has 114 valence electrons. The Morgan fingerprint density at radius 2 is 1.71 bits per heavy atom. The molecule has 1 aromatic rings. The van der Waals surface area contributed by atoms with E-state index >= 15 is 0 Å². The number of halogens is 1. The second kappa shape index (κ2) is 8.36. The Morgan fingerprint density at radius 3 is 2.33 bits per heavy atom. The van der Waals surface area contributed by atoms with Gasteiger partial charge in [-0.1, -0.05) is 25.7 Å². The highest BCUT2D eigenvalue weighted by molar-refractivity contribution is 14.1. The summed E-state index contributed by atoms with van der Waals surface area (Å²) in [6, 6.07) is 7.31. The standard InChI is InChI=1S/C16H20INO3/c17-13-9-7-12(8-10-13)16(20)21-11-15(19)18-14-5-3-1-2-4-6-14/h7-10,14H,1-6,11H2,(H,18,19). The lowest BCUT2D eigenvalue weighted by Gasteiger charge is -2.16. The second-order valence-electron chi connectivity index (χ2n) is 5.34. The largest absolute Gasteiger partial charge is 0.452 e. The molecule has 0 spiro atoms. The van der Waals surface area contributed by atoms with Crippen molar-refractivity contribution in [3.8, 4) is 0 Å². The number of hydrogen-bond acceptors (Lipinski definition) is 3. The van der Waals surface area contributed by atoms with E-state index in [0.717, 1.165) is 29.3 Å². The first-order chi connectivity index (χ1) is 10.1. The molecule has 0 aliphatic heterocycles. The molecular weight excluding hydrogens is 381 g/mol. The van der Waals surface area contributed by atoms with Crippen molar-refractivity contribution in [1.82, 2.24) is 5.32 Å². The van der Waals surface area contributed by atoms with Crippen LogP contribution in [0.25, 0.3) is 0 Å². The van der Waals surface area contributed by atoms with Gasteiger partial charge in [0.1, 0.15) is 0 Å². The minimum Gasteiger partial charge on any atom is -0.452 e. The molecule has 1 amide bonds. The van der Waals surface area contributed by atoms with Gasteiger partial charge < -0.3 is 10.1 Å². The molecule has 1 aliphatic carbocycles. The van der Waals surface area contributed by atoms with Crippen LogP contribution in [0.3, 0.4) is 0 Å². The van der Waals surface area contributed by atoms with Gasteiger partial charge >= 0.3 is 5.97 Å². The zero-order valence-electron chi connectivity index (χ0n) is 11.9. The van der Waals surface area contributed by atoms with Crippen LogP contribution in [0, 0.1) is 3.57 Å². The third-order valence-electron chi connectivity index (χ3n) is 3.63. The molecule has 1 fully saturated rings. The minimum atomic E-state index is -0.456. The van der Waals surface area contributed by atoms with Gasteiger partial charge in [0.05, 0.1) is 5.56 Å². The van der Waals surface area contributed by atoms with Crippen LogP contribution in [0.5, 0.6) is 0 Å². The van der Waals surface area contributed by atoms with Gasteiger partial charge in [-0.25, -0.2) is 4.79 Å². The zero-order chi connectivity index (χ0) is 15.1. The van der Waals surface area contributed by atoms with Crippen LogP contribution in [-0.2, 0) is 9.53 Å². The maximum absolute atomic E-state index is 11.8. The lowest BCUT2D eigenvalue weighted by Crippen LogP contribution is -2.37. The maximum atomic E-state index is 11.8. The summed E-state index contributed by atoms with van der Waals surface area (Å²) in [7, 11) is 0. The van der Waals surface area contributed by atoms with Crippen LogP contribution < -0.4 is 5.32 Å². The first kappa shape index (κ1) is 16.3. The molecule has 2 rings (SSSR count). The molecule has 0 atom stereocenters. The highest BCUT2D eigenvalue weighted by Gasteiger charge is 2.16. The van der Waals surface area contributed by atoms with Gasteiger partial charge in [0, 0.05) is 9.61 Å². The van der Waals surface area contributed by atoms with Crippen molar-refractivity contribution in [1.29, 1.82) is 0 Å². The number of carbonyl (C=O) groups is 2. The van der Waals surface area contributed by atoms with Crippen LogP contribution in [0.15, 0.2) is 24.3 Å². The van der Waals surface area contributed by atoms with Gasteiger partial charge in [-0.15, -0.1) is 0 Å². The van der Waals surface area contributed by atoms with E-state index in [1.807, 2.05) is 12.1 Å². The summed E-state index contributed by atoms with van der Waals surface area (Å²) < 4.78 is 6.10. The molecule has 1 aliphatic rings. The summed E-state index contributed by atoms with van der Waals surface area (Å²) >= 11 is 2.17. The molecule has 0 bridgehead atoms. The lowest BCUT2D eigenvalue weighted by molar-refractivity contribution is -0.125. The van der Waals surface area contributed by atoms with Crippen LogP contribution >= 0.6 is 22.6 Å². The molecule has 1 N–H and O–H groups in total. The highest BCUT2D eigenvalue weighted by atomic mass is 127. The average Bonchev–Trinajstić information content (AvgIpc) is 2.74. The average molecular weight is 401 g/mol. The molecule has 0 radical (unpaired) electrons. The lowest BCUT2D eigenvalue weighted by atomic mass is 10.1. The molecule has 0 aromatic heterocycles. The fourth-order valence-corrected chi connectivity index (χ4v) is 2.85. The van der Waals surface area contributed by atoms with E-state index in [1.165, 1.54) is 12.8 Å². The molecule has 1 saturated carbocycles. The van der Waals surface area contributed by atoms with E-state index < -0.39 is 5.97 Å². The number of ether oxygens (including phenoxy) is 1. The summed E-state index contributed by atoms with van der Waals surface area (Å²) in [4.78, 5) is 23.6. The zero-order valence-corrected chi connectivity index (χ0v) is 14.1. The summed E-state index contributed by atoms with van der Waals surface area (Å²) in [5.41, 5.74) is 0.470. The second-order valence-corrected chi connectivity index (χ2v) is 6.58. The van der Waals surface area contributed by atoms with Crippen molar-refractivity contribution in [2.75, 3.05) is 6.61 Å². The number of benzene rings is 1. The Hall–Kier alpha value is -1.11. The first-order valence-corrected chi connectivity index (χ1v) is 8.45. The Bertz CT molecular complexity index is 479. The number of carbonyl (C=O) groups excluding carboxylic acids is 2. The molecule has 1 aromatic carbocycles. The van der Waals surface area contributed by atoms with Gasteiger partial charge in [0.25, 0.3) is 5.91 Å². The Balaban J connectivity index is 1.75. The van der Waals surface area contributed by atoms with Crippen LogP contribution in [0.2, 0.25) is 0 Å². The Kier molecular flexibility index (Phi) is 6.48. The van der Waals surface area contributed by atoms with Crippen molar-refractivity contribution in [2.45, 2.75) is 44.6 Å². The van der Waals surface area contributed by atoms with Crippen LogP contribution in [-0.4, -0.2) is 24.5 Å². The predicted octanol–water partition coefficient (Wildman–Crippen LogP) is 3.29. The van der Waals surface area contributed by atoms with Crippen LogP contribution in [0.1, 0.15) is 48.9 Å². The van der Waals surface area contributed by atoms with E-state index in [9.17, 15) is 9.59 Å². The van der Waals surface area contributed by atoms with E-state index in [0.29, 0.717) is 5.56 Å². The summed E-state index contributed by atoms with van der Waals surface area (Å²) in [5, 5.41) is 2.96. The SMILES string of the molecule is O=C(COC(=O)c1ccc(I)cc1)NC1CCCCCC1. The number of rotatable bonds is 4. The minimum absolute atomic E-state index is 0.207. The molecule has 0 heterocycles. The fraction of sp³-hybridized carbons (Fsp3) is 0.500. The third kappa shape index (κ3) is 5.65. The van der Waals surface area contributed by atoms with Gasteiger partial charge in [-0.2, -0.15) is 0 Å². The normalized spacial score (nSPS) is 16.0. The molecule has 21 heavy (non-hydrogen) atoms. The summed E-state index contributed by atoms with van der Waals surface area (Å²) in [6.07, 6.45) is 6.86. The molecular formula is C16H20INO3. The smallest absolute Gasteiger partial charge is 0.338 e. The van der Waals surface area contributed by atoms with E-state index in [-0.39, 0.29) is 18.6 Å². The Morgan fingerprint density at radius 1 is 1.10 bits per heavy atom. The quantitative estimate of drug-likeness (QED) is 0.479. The van der Waals surface area contributed by atoms with Crippen molar-refractivity contribution in [3.63, 3.8) is 0 Å². The van der Waals surface area contributed by atoms with E-state index in [2.05, 4.69) is 27.9 Å². The number of amides is 1. The van der Waals surface area contributed by atoms with Crippen LogP contribution in [0.4, 0.5) is 0 Å². The van der Waals surface area contributed by atoms with Crippen molar-refractivity contribution in [2.24, 2.45) is 0 Å². The number of esters is 1. The van der Waals surface area contributed by atoms with E-state index in [1.54, 1.807) is 12.1 Å². The van der Waals surface area contributed by atoms with Crippen molar-refractivity contribution >= 4 is 34.5 Å². The molecule has 4 nitrogen and oxygen atoms in total. The number of hydrogen-bond donors (Lipinski definition) is 1. The topological polar surface area (TPSA) is 55.4 Å². The van der Waals surface area contributed by atoms with E-state index in [4.69, 9.17) is 4.74 Å². The van der Waals surface area contributed by atoms with Crippen molar-refractivity contribution in [3.05, 3.63) is 33.4 Å². The van der Waals surface area contributed by atoms with Crippen molar-refractivity contribution < 1.29 is 14.3 Å². The monoisotopic (exact) mass is 401 g/mol. The van der Waals surface area contributed by atoms with Gasteiger partial charge in [-0.05, 0) is 59.7 Å². The molecule has 0 saturated heterocycles. The first-order valence-electron chi connectivity index (χ1n) is 7.37. The summed E-state index contributed by atoms with van der Waals surface area (Å²) in [5.74, 6) is -0.664. The number of nitrogens with one attached hydrogen (secondary N) is 1. The van der Waals surface area contributed by atoms with Gasteiger partial charge in [0.15, 0.2) is 6.61 Å². The maximum Gasteiger partial charge on any atom is 0.338 e. The predicted molar refractivity (Wildman–Crippen MR) is 89.1 cm³/mol. The Labute approximate surface area is 138 Å². The highest BCUT2D eigenvalue weighted by Crippen LogP contribution is 2.17. The molecule has 0 unspecified atom stereocenters. The fourth-order valence-electron chi connectivity index (χ4n) is 2.49. The van der Waals surface area contributed by atoms with Gasteiger partial charge in [0.2, 0.25) is 0 Å². The summed E-state index contributed by atoms with van der Waals surface area (Å²) in [6.45, 7) is -0.207. The third-order valence-corrected chi connectivity index (χ3v) is 4.35. The van der Waals surface area contributed by atoms with Gasteiger partial charge in [-0.3, -0.25) is 4.79 Å². The molecule has 5 heteroatoms.